The third-order valence-corrected chi connectivity index (χ3v) is 6.01. The predicted octanol–water partition coefficient (Wildman–Crippen LogP) is 2.82. The molecule has 0 spiro atoms. The molecule has 154 valence electrons. The molecule has 0 radical (unpaired) electrons. The van der Waals surface area contributed by atoms with Crippen molar-refractivity contribution in [1.29, 1.82) is 0 Å². The van der Waals surface area contributed by atoms with Crippen LogP contribution in [-0.2, 0) is 10.0 Å². The van der Waals surface area contributed by atoms with Gasteiger partial charge in [-0.1, -0.05) is 17.7 Å². The quantitative estimate of drug-likeness (QED) is 0.666. The van der Waals surface area contributed by atoms with Crippen LogP contribution in [0.25, 0.3) is 11.0 Å². The van der Waals surface area contributed by atoms with Gasteiger partial charge in [-0.2, -0.15) is 0 Å². The monoisotopic (exact) mass is 425 g/mol. The first-order valence-electron chi connectivity index (χ1n) is 9.34. The zero-order valence-corrected chi connectivity index (χ0v) is 17.0. The van der Waals surface area contributed by atoms with Gasteiger partial charge in [0.25, 0.3) is 15.9 Å². The summed E-state index contributed by atoms with van der Waals surface area (Å²) in [5.74, 6) is -0.391. The van der Waals surface area contributed by atoms with Crippen LogP contribution in [0.4, 0.5) is 5.69 Å². The van der Waals surface area contributed by atoms with Crippen LogP contribution in [0.5, 0.6) is 0 Å². The van der Waals surface area contributed by atoms with Crippen LogP contribution < -0.4 is 15.5 Å². The zero-order chi connectivity index (χ0) is 21.3. The maximum atomic E-state index is 12.6. The van der Waals surface area contributed by atoms with Crippen LogP contribution in [0.3, 0.4) is 0 Å². The Bertz CT molecular complexity index is 1340. The van der Waals surface area contributed by atoms with E-state index in [0.717, 1.165) is 18.1 Å². The molecule has 1 aliphatic rings. The predicted molar refractivity (Wildman–Crippen MR) is 113 cm³/mol. The number of hydrogen-bond acceptors (Lipinski definition) is 6. The van der Waals surface area contributed by atoms with Crippen molar-refractivity contribution in [2.45, 2.75) is 24.7 Å². The van der Waals surface area contributed by atoms with Crippen molar-refractivity contribution < 1.29 is 17.6 Å². The second-order valence-electron chi connectivity index (χ2n) is 6.99. The molecule has 1 amide bonds. The molecular formula is C21H19N3O5S. The lowest BCUT2D eigenvalue weighted by Gasteiger charge is -2.10. The van der Waals surface area contributed by atoms with Gasteiger partial charge in [-0.25, -0.2) is 8.42 Å². The summed E-state index contributed by atoms with van der Waals surface area (Å²) in [6.45, 7) is 2.46. The lowest BCUT2D eigenvalue weighted by Crippen LogP contribution is -2.29. The smallest absolute Gasteiger partial charge is 0.291 e. The number of fused-ring (bicyclic) bond motifs is 1. The van der Waals surface area contributed by atoms with Crippen molar-refractivity contribution in [3.63, 3.8) is 0 Å². The number of sulfonamides is 1. The fourth-order valence-corrected chi connectivity index (χ4v) is 4.29. The summed E-state index contributed by atoms with van der Waals surface area (Å²) in [4.78, 5) is 29.0. The van der Waals surface area contributed by atoms with Gasteiger partial charge in [0.1, 0.15) is 11.4 Å². The van der Waals surface area contributed by atoms with E-state index in [1.165, 1.54) is 18.2 Å². The van der Waals surface area contributed by atoms with Gasteiger partial charge in [0, 0.05) is 24.7 Å². The Balaban J connectivity index is 1.58. The Kier molecular flexibility index (Phi) is 5.13. The lowest BCUT2D eigenvalue weighted by molar-refractivity contribution is 0.0997. The number of anilines is 1. The van der Waals surface area contributed by atoms with E-state index in [4.69, 9.17) is 4.42 Å². The Morgan fingerprint density at radius 1 is 1.13 bits per heavy atom. The minimum absolute atomic E-state index is 0.00895. The van der Waals surface area contributed by atoms with Crippen LogP contribution in [0.2, 0.25) is 0 Å². The first-order chi connectivity index (χ1) is 14.3. The van der Waals surface area contributed by atoms with Crippen LogP contribution in [0.15, 0.2) is 67.6 Å². The van der Waals surface area contributed by atoms with Gasteiger partial charge in [0.05, 0.1) is 10.3 Å². The van der Waals surface area contributed by atoms with Crippen LogP contribution in [0.1, 0.15) is 29.0 Å². The third kappa shape index (κ3) is 4.11. The fraction of sp³-hybridized carbons (Fsp3) is 0.190. The highest BCUT2D eigenvalue weighted by atomic mass is 32.2. The van der Waals surface area contributed by atoms with E-state index in [9.17, 15) is 18.0 Å². The van der Waals surface area contributed by atoms with Crippen molar-refractivity contribution in [2.75, 3.05) is 11.9 Å². The number of carbonyl (C=O) groups excluding carboxylic acids is 1. The summed E-state index contributed by atoms with van der Waals surface area (Å²) in [5, 5.41) is 2.96. The van der Waals surface area contributed by atoms with Crippen molar-refractivity contribution >= 4 is 38.4 Å². The van der Waals surface area contributed by atoms with Crippen LogP contribution in [-0.4, -0.2) is 26.7 Å². The number of nitrogens with one attached hydrogen (secondary N) is 2. The average Bonchev–Trinajstić information content (AvgIpc) is 3.21. The van der Waals surface area contributed by atoms with E-state index >= 15 is 0 Å². The van der Waals surface area contributed by atoms with Gasteiger partial charge in [-0.15, -0.1) is 0 Å². The van der Waals surface area contributed by atoms with Crippen molar-refractivity contribution in [3.8, 4) is 0 Å². The molecule has 8 nitrogen and oxygen atoms in total. The van der Waals surface area contributed by atoms with E-state index < -0.39 is 15.9 Å². The summed E-state index contributed by atoms with van der Waals surface area (Å²) in [6, 6.07) is 12.0. The normalized spacial score (nSPS) is 13.8. The van der Waals surface area contributed by atoms with E-state index in [-0.39, 0.29) is 21.8 Å². The van der Waals surface area contributed by atoms with E-state index in [1.54, 1.807) is 24.3 Å². The van der Waals surface area contributed by atoms with E-state index in [0.29, 0.717) is 29.8 Å². The zero-order valence-electron chi connectivity index (χ0n) is 16.1. The summed E-state index contributed by atoms with van der Waals surface area (Å²) in [7, 11) is -3.81. The summed E-state index contributed by atoms with van der Waals surface area (Å²) < 4.78 is 33.1. The summed E-state index contributed by atoms with van der Waals surface area (Å²) in [6.07, 6.45) is 1.39. The van der Waals surface area contributed by atoms with Crippen molar-refractivity contribution in [1.82, 2.24) is 4.72 Å². The Morgan fingerprint density at radius 2 is 1.97 bits per heavy atom. The minimum Gasteiger partial charge on any atom is -0.451 e. The minimum atomic E-state index is -3.81. The van der Waals surface area contributed by atoms with Gasteiger partial charge in [0.2, 0.25) is 0 Å². The molecule has 0 saturated carbocycles. The number of amidine groups is 1. The molecule has 0 saturated heterocycles. The number of aryl methyl sites for hydroxylation is 1. The molecular weight excluding hydrogens is 406 g/mol. The van der Waals surface area contributed by atoms with Gasteiger partial charge in [-0.3, -0.25) is 19.3 Å². The maximum Gasteiger partial charge on any atom is 0.291 e. The first-order valence-corrected chi connectivity index (χ1v) is 10.8. The molecule has 2 aromatic carbocycles. The number of benzene rings is 2. The number of amides is 1. The number of hydrogen-bond donors (Lipinski definition) is 2. The molecule has 0 unspecified atom stereocenters. The highest BCUT2D eigenvalue weighted by Gasteiger charge is 2.19. The second kappa shape index (κ2) is 7.75. The van der Waals surface area contributed by atoms with Gasteiger partial charge < -0.3 is 9.73 Å². The number of carbonyl (C=O) groups is 1. The molecule has 3 aromatic rings. The molecule has 0 aliphatic carbocycles. The van der Waals surface area contributed by atoms with Crippen LogP contribution in [0, 0.1) is 6.92 Å². The Morgan fingerprint density at radius 3 is 2.73 bits per heavy atom. The third-order valence-electron chi connectivity index (χ3n) is 4.64. The van der Waals surface area contributed by atoms with Crippen molar-refractivity contribution in [3.05, 3.63) is 70.1 Å². The summed E-state index contributed by atoms with van der Waals surface area (Å²) in [5.41, 5.74) is 1.13. The fourth-order valence-electron chi connectivity index (χ4n) is 3.15. The van der Waals surface area contributed by atoms with Gasteiger partial charge >= 0.3 is 0 Å². The molecule has 4 rings (SSSR count). The molecule has 9 heteroatoms. The molecule has 2 heterocycles. The molecule has 1 aromatic heterocycles. The second-order valence-corrected chi connectivity index (χ2v) is 8.68. The van der Waals surface area contributed by atoms with E-state index in [2.05, 4.69) is 15.0 Å². The molecule has 0 atom stereocenters. The maximum absolute atomic E-state index is 12.6. The van der Waals surface area contributed by atoms with Crippen LogP contribution >= 0.6 is 0 Å². The molecule has 2 N–H and O–H groups in total. The molecule has 0 bridgehead atoms. The van der Waals surface area contributed by atoms with Crippen molar-refractivity contribution in [2.24, 2.45) is 4.99 Å². The van der Waals surface area contributed by atoms with E-state index in [1.807, 2.05) is 6.92 Å². The number of aliphatic imine (C=N–C) groups is 1. The summed E-state index contributed by atoms with van der Waals surface area (Å²) >= 11 is 0. The highest BCUT2D eigenvalue weighted by molar-refractivity contribution is 7.90. The standard InChI is InChI=1S/C21H19N3O5S/c1-13-7-8-18-16(10-13)17(25)12-19(29-18)21(26)23-14-4-2-5-15(11-14)30(27,28)24-20-6-3-9-22-20/h2,4-5,7-8,10-12H,3,6,9H2,1H3,(H,22,24)(H,23,26). The first kappa shape index (κ1) is 19.8. The Hall–Kier alpha value is -3.46. The lowest BCUT2D eigenvalue weighted by atomic mass is 10.1. The molecule has 30 heavy (non-hydrogen) atoms. The topological polar surface area (TPSA) is 118 Å². The number of rotatable bonds is 4. The Labute approximate surface area is 172 Å². The number of nitrogens with zero attached hydrogens (tertiary/aromatic N) is 1. The molecule has 0 fully saturated rings. The largest absolute Gasteiger partial charge is 0.451 e. The SMILES string of the molecule is Cc1ccc2oc(C(=O)Nc3cccc(S(=O)(=O)NC4=NCCC4)c3)cc(=O)c2c1. The molecule has 1 aliphatic heterocycles. The van der Waals surface area contributed by atoms with Gasteiger partial charge in [-0.05, 0) is 43.7 Å². The average molecular weight is 425 g/mol. The van der Waals surface area contributed by atoms with Gasteiger partial charge in [0.15, 0.2) is 11.2 Å². The highest BCUT2D eigenvalue weighted by Crippen LogP contribution is 2.19.